The molecule has 0 radical (unpaired) electrons. The minimum Gasteiger partial charge on any atom is -0.314 e. The van der Waals surface area contributed by atoms with E-state index < -0.39 is 12.6 Å². The monoisotopic (exact) mass is 247 g/mol. The Morgan fingerprint density at radius 2 is 2.06 bits per heavy atom. The van der Waals surface area contributed by atoms with Crippen LogP contribution in [0.1, 0.15) is 32.6 Å². The average molecular weight is 247 g/mol. The highest BCUT2D eigenvalue weighted by Gasteiger charge is 2.38. The Bertz CT molecular complexity index is 285. The number of nitrogens with one attached hydrogen (secondary N) is 1. The van der Waals surface area contributed by atoms with Crippen molar-refractivity contribution in [1.29, 1.82) is 0 Å². The highest BCUT2D eigenvalue weighted by Crippen LogP contribution is 2.44. The average Bonchev–Trinajstić information content (AvgIpc) is 2.84. The summed E-state index contributed by atoms with van der Waals surface area (Å²) >= 11 is 0. The van der Waals surface area contributed by atoms with E-state index in [-0.39, 0.29) is 6.42 Å². The van der Waals surface area contributed by atoms with E-state index in [4.69, 9.17) is 0 Å². The van der Waals surface area contributed by atoms with Crippen LogP contribution in [0.3, 0.4) is 0 Å². The molecule has 1 nitrogen and oxygen atoms in total. The minimum atomic E-state index is -4.01. The van der Waals surface area contributed by atoms with Crippen LogP contribution in [0.15, 0.2) is 12.2 Å². The molecule has 2 bridgehead atoms. The molecule has 1 saturated carbocycles. The first-order valence-corrected chi connectivity index (χ1v) is 6.44. The van der Waals surface area contributed by atoms with Crippen molar-refractivity contribution in [3.63, 3.8) is 0 Å². The lowest BCUT2D eigenvalue weighted by molar-refractivity contribution is -0.135. The summed E-state index contributed by atoms with van der Waals surface area (Å²) in [7, 11) is 0. The fourth-order valence-corrected chi connectivity index (χ4v) is 3.17. The number of rotatable bonds is 5. The zero-order valence-corrected chi connectivity index (χ0v) is 10.1. The lowest BCUT2D eigenvalue weighted by Crippen LogP contribution is -2.36. The maximum Gasteiger partial charge on any atom is 0.389 e. The van der Waals surface area contributed by atoms with Crippen molar-refractivity contribution < 1.29 is 13.2 Å². The van der Waals surface area contributed by atoms with Gasteiger partial charge in [-0.2, -0.15) is 13.2 Å². The van der Waals surface area contributed by atoms with Crippen molar-refractivity contribution in [2.75, 3.05) is 6.54 Å². The van der Waals surface area contributed by atoms with Crippen LogP contribution in [0.4, 0.5) is 13.2 Å². The third-order valence-electron chi connectivity index (χ3n) is 4.08. The number of hydrogen-bond donors (Lipinski definition) is 1. The second kappa shape index (κ2) is 5.01. The smallest absolute Gasteiger partial charge is 0.314 e. The molecule has 0 spiro atoms. The van der Waals surface area contributed by atoms with E-state index in [0.29, 0.717) is 24.4 Å². The largest absolute Gasteiger partial charge is 0.389 e. The Morgan fingerprint density at radius 1 is 1.29 bits per heavy atom. The molecule has 0 aromatic rings. The van der Waals surface area contributed by atoms with Crippen LogP contribution in [0.2, 0.25) is 0 Å². The molecule has 1 N–H and O–H groups in total. The van der Waals surface area contributed by atoms with Gasteiger partial charge in [0.05, 0.1) is 0 Å². The van der Waals surface area contributed by atoms with Gasteiger partial charge in [0.2, 0.25) is 0 Å². The minimum absolute atomic E-state index is 0.185. The molecule has 2 rings (SSSR count). The highest BCUT2D eigenvalue weighted by molar-refractivity contribution is 5.11. The van der Waals surface area contributed by atoms with E-state index in [1.54, 1.807) is 0 Å². The van der Waals surface area contributed by atoms with Crippen molar-refractivity contribution in [2.45, 2.75) is 44.8 Å². The summed E-state index contributed by atoms with van der Waals surface area (Å²) in [5.41, 5.74) is 0. The van der Waals surface area contributed by atoms with Crippen LogP contribution in [0.5, 0.6) is 0 Å². The first kappa shape index (κ1) is 12.9. The van der Waals surface area contributed by atoms with Crippen molar-refractivity contribution >= 4 is 0 Å². The third kappa shape index (κ3) is 3.47. The van der Waals surface area contributed by atoms with Crippen molar-refractivity contribution in [3.05, 3.63) is 12.2 Å². The molecule has 2 aliphatic carbocycles. The quantitative estimate of drug-likeness (QED) is 0.579. The first-order valence-electron chi connectivity index (χ1n) is 6.44. The van der Waals surface area contributed by atoms with Crippen molar-refractivity contribution in [3.8, 4) is 0 Å². The zero-order chi connectivity index (χ0) is 12.5. The molecule has 4 heteroatoms. The standard InChI is InChI=1S/C13H20F3N/c1-9(17-6-2-5-13(14,15)16)12-8-10-3-4-11(12)7-10/h3-4,9-12,17H,2,5-8H2,1H3. The summed E-state index contributed by atoms with van der Waals surface area (Å²) in [6.45, 7) is 2.57. The van der Waals surface area contributed by atoms with Crippen LogP contribution >= 0.6 is 0 Å². The van der Waals surface area contributed by atoms with E-state index in [1.165, 1.54) is 12.8 Å². The number of fused-ring (bicyclic) bond motifs is 2. The van der Waals surface area contributed by atoms with Crippen molar-refractivity contribution in [1.82, 2.24) is 5.32 Å². The second-order valence-corrected chi connectivity index (χ2v) is 5.41. The molecular weight excluding hydrogens is 227 g/mol. The fraction of sp³-hybridized carbons (Fsp3) is 0.846. The van der Waals surface area contributed by atoms with Gasteiger partial charge in [0.25, 0.3) is 0 Å². The zero-order valence-electron chi connectivity index (χ0n) is 10.1. The molecule has 0 aromatic carbocycles. The normalized spacial score (nSPS) is 33.3. The van der Waals surface area contributed by atoms with Gasteiger partial charge in [-0.1, -0.05) is 12.2 Å². The maximum atomic E-state index is 12.0. The third-order valence-corrected chi connectivity index (χ3v) is 4.08. The molecule has 2 aliphatic rings. The lowest BCUT2D eigenvalue weighted by Gasteiger charge is -2.26. The number of halogens is 3. The summed E-state index contributed by atoms with van der Waals surface area (Å²) in [4.78, 5) is 0. The Morgan fingerprint density at radius 3 is 2.59 bits per heavy atom. The molecule has 4 atom stereocenters. The van der Waals surface area contributed by atoms with Crippen LogP contribution in [-0.2, 0) is 0 Å². The van der Waals surface area contributed by atoms with Gasteiger partial charge in [0.1, 0.15) is 0 Å². The van der Waals surface area contributed by atoms with E-state index in [1.807, 2.05) is 0 Å². The predicted molar refractivity (Wildman–Crippen MR) is 61.6 cm³/mol. The van der Waals surface area contributed by atoms with Gasteiger partial charge >= 0.3 is 6.18 Å². The van der Waals surface area contributed by atoms with Gasteiger partial charge in [-0.25, -0.2) is 0 Å². The molecule has 0 amide bonds. The Labute approximate surface area is 100 Å². The molecule has 98 valence electrons. The first-order chi connectivity index (χ1) is 7.96. The SMILES string of the molecule is CC(NCCCC(F)(F)F)C1CC2C=CC1C2. The molecule has 0 saturated heterocycles. The molecule has 0 aliphatic heterocycles. The summed E-state index contributed by atoms with van der Waals surface area (Å²) in [5.74, 6) is 2.01. The Kier molecular flexibility index (Phi) is 3.81. The Hall–Kier alpha value is -0.510. The molecule has 4 unspecified atom stereocenters. The fourth-order valence-electron chi connectivity index (χ4n) is 3.17. The predicted octanol–water partition coefficient (Wildman–Crippen LogP) is 3.52. The molecule has 1 fully saturated rings. The van der Waals surface area contributed by atoms with E-state index in [0.717, 1.165) is 5.92 Å². The van der Waals surface area contributed by atoms with E-state index in [9.17, 15) is 13.2 Å². The van der Waals surface area contributed by atoms with E-state index in [2.05, 4.69) is 24.4 Å². The summed E-state index contributed by atoms with van der Waals surface area (Å²) in [6.07, 6.45) is 2.52. The van der Waals surface area contributed by atoms with Gasteiger partial charge < -0.3 is 5.32 Å². The number of alkyl halides is 3. The van der Waals surface area contributed by atoms with Gasteiger partial charge in [0, 0.05) is 12.5 Å². The van der Waals surface area contributed by atoms with Crippen LogP contribution in [0, 0.1) is 17.8 Å². The topological polar surface area (TPSA) is 12.0 Å². The van der Waals surface area contributed by atoms with Gasteiger partial charge in [-0.15, -0.1) is 0 Å². The summed E-state index contributed by atoms with van der Waals surface area (Å²) in [6, 6.07) is 0.336. The molecule has 0 aromatic heterocycles. The number of hydrogen-bond acceptors (Lipinski definition) is 1. The summed E-state index contributed by atoms with van der Waals surface area (Å²) < 4.78 is 35.9. The Balaban J connectivity index is 1.65. The van der Waals surface area contributed by atoms with Crippen molar-refractivity contribution in [2.24, 2.45) is 17.8 Å². The van der Waals surface area contributed by atoms with Gasteiger partial charge in [-0.3, -0.25) is 0 Å². The van der Waals surface area contributed by atoms with E-state index >= 15 is 0 Å². The second-order valence-electron chi connectivity index (χ2n) is 5.41. The van der Waals surface area contributed by atoms with Crippen LogP contribution in [0.25, 0.3) is 0 Å². The van der Waals surface area contributed by atoms with Gasteiger partial charge in [0.15, 0.2) is 0 Å². The molecular formula is C13H20F3N. The highest BCUT2D eigenvalue weighted by atomic mass is 19.4. The summed E-state index contributed by atoms with van der Waals surface area (Å²) in [5, 5.41) is 3.25. The molecule has 17 heavy (non-hydrogen) atoms. The van der Waals surface area contributed by atoms with Crippen LogP contribution in [-0.4, -0.2) is 18.8 Å². The maximum absolute atomic E-state index is 12.0. The number of allylic oxidation sites excluding steroid dienone is 2. The van der Waals surface area contributed by atoms with Gasteiger partial charge in [-0.05, 0) is 50.5 Å². The lowest BCUT2D eigenvalue weighted by atomic mass is 9.87. The molecule has 0 heterocycles. The van der Waals surface area contributed by atoms with Crippen LogP contribution < -0.4 is 5.32 Å².